The Morgan fingerprint density at radius 3 is 2.72 bits per heavy atom. The summed E-state index contributed by atoms with van der Waals surface area (Å²) in [6.45, 7) is 3.40. The van der Waals surface area contributed by atoms with E-state index in [1.807, 2.05) is 10.3 Å². The number of Topliss-reactive ketones (excluding diaryl/α,β-unsaturated/α-hetero) is 1. The highest BCUT2D eigenvalue weighted by Crippen LogP contribution is 2.33. The molecule has 1 unspecified atom stereocenters. The lowest BCUT2D eigenvalue weighted by Crippen LogP contribution is -2.51. The monoisotopic (exact) mass is 434 g/mol. The number of hydrogen-bond donors (Lipinski definition) is 2. The van der Waals surface area contributed by atoms with Crippen molar-refractivity contribution in [3.05, 3.63) is 33.0 Å². The Labute approximate surface area is 176 Å². The van der Waals surface area contributed by atoms with Gasteiger partial charge in [0.05, 0.1) is 28.0 Å². The van der Waals surface area contributed by atoms with Crippen LogP contribution in [0, 0.1) is 5.92 Å². The summed E-state index contributed by atoms with van der Waals surface area (Å²) in [6.07, 6.45) is 0.603. The van der Waals surface area contributed by atoms with Gasteiger partial charge in [-0.15, -0.1) is 11.3 Å². The molecule has 4 rings (SSSR count). The molecule has 2 aromatic heterocycles. The van der Waals surface area contributed by atoms with Crippen LogP contribution >= 0.6 is 22.7 Å². The van der Waals surface area contributed by atoms with Crippen molar-refractivity contribution in [2.24, 2.45) is 5.92 Å². The Morgan fingerprint density at radius 2 is 2.03 bits per heavy atom. The van der Waals surface area contributed by atoms with Gasteiger partial charge < -0.3 is 10.0 Å². The van der Waals surface area contributed by atoms with Crippen LogP contribution in [0.4, 0.5) is 5.13 Å². The third-order valence-electron chi connectivity index (χ3n) is 5.24. The molecule has 0 spiro atoms. The molecule has 2 aromatic rings. The molecule has 154 valence electrons. The number of aliphatic hydroxyl groups is 1. The predicted molar refractivity (Wildman–Crippen MR) is 111 cm³/mol. The van der Waals surface area contributed by atoms with Crippen LogP contribution in [0.1, 0.15) is 31.5 Å². The number of carbonyl (C=O) groups excluding carboxylic acids is 3. The summed E-state index contributed by atoms with van der Waals surface area (Å²) < 4.78 is 0. The van der Waals surface area contributed by atoms with Crippen LogP contribution < -0.4 is 5.32 Å². The van der Waals surface area contributed by atoms with E-state index in [0.717, 1.165) is 13.1 Å². The average Bonchev–Trinajstić information content (AvgIpc) is 3.38. The molecule has 0 aromatic carbocycles. The minimum absolute atomic E-state index is 0.00943. The Bertz CT molecular complexity index is 903. The van der Waals surface area contributed by atoms with Gasteiger partial charge in [0.2, 0.25) is 5.91 Å². The number of piperazine rings is 1. The molecule has 2 N–H and O–H groups in total. The highest BCUT2D eigenvalue weighted by molar-refractivity contribution is 7.18. The SMILES string of the molecule is O=C(Nc1nc2c(s1)C(=O)CC(C(=O)N1CCN(CCO)CC1)C2)c1cccs1. The van der Waals surface area contributed by atoms with Crippen LogP contribution in [-0.2, 0) is 11.2 Å². The molecule has 3 heterocycles. The zero-order valence-electron chi connectivity index (χ0n) is 15.8. The van der Waals surface area contributed by atoms with Gasteiger partial charge in [-0.3, -0.25) is 24.6 Å². The number of aromatic nitrogens is 1. The Hall–Kier alpha value is -2.14. The van der Waals surface area contributed by atoms with Crippen molar-refractivity contribution in [2.45, 2.75) is 12.8 Å². The maximum Gasteiger partial charge on any atom is 0.267 e. The highest BCUT2D eigenvalue weighted by atomic mass is 32.1. The zero-order chi connectivity index (χ0) is 20.4. The number of anilines is 1. The second-order valence-electron chi connectivity index (χ2n) is 7.15. The van der Waals surface area contributed by atoms with Crippen LogP contribution in [0.25, 0.3) is 0 Å². The third kappa shape index (κ3) is 4.40. The molecule has 1 saturated heterocycles. The summed E-state index contributed by atoms with van der Waals surface area (Å²) in [5, 5.41) is 14.0. The quantitative estimate of drug-likeness (QED) is 0.736. The van der Waals surface area contributed by atoms with Gasteiger partial charge in [0.25, 0.3) is 5.91 Å². The molecule has 2 amide bonds. The number of aliphatic hydroxyl groups excluding tert-OH is 1. The van der Waals surface area contributed by atoms with Crippen molar-refractivity contribution >= 4 is 45.4 Å². The molecular formula is C19H22N4O4S2. The van der Waals surface area contributed by atoms with Gasteiger partial charge in [0.1, 0.15) is 0 Å². The van der Waals surface area contributed by atoms with Crippen molar-refractivity contribution in [1.29, 1.82) is 0 Å². The second-order valence-corrected chi connectivity index (χ2v) is 9.09. The molecule has 2 aliphatic rings. The van der Waals surface area contributed by atoms with Crippen molar-refractivity contribution < 1.29 is 19.5 Å². The standard InChI is InChI=1S/C19H22N4O4S2/c24-8-7-22-3-5-23(6-4-22)18(27)12-10-13-16(14(25)11-12)29-19(20-13)21-17(26)15-2-1-9-28-15/h1-2,9,12,24H,3-8,10-11H2,(H,20,21,26). The number of nitrogens with zero attached hydrogens (tertiary/aromatic N) is 3. The Balaban J connectivity index is 1.40. The first kappa shape index (κ1) is 20.1. The van der Waals surface area contributed by atoms with Crippen LogP contribution in [0.2, 0.25) is 0 Å². The van der Waals surface area contributed by atoms with Gasteiger partial charge in [-0.25, -0.2) is 4.98 Å². The summed E-state index contributed by atoms with van der Waals surface area (Å²) in [7, 11) is 0. The van der Waals surface area contributed by atoms with Gasteiger partial charge >= 0.3 is 0 Å². The number of fused-ring (bicyclic) bond motifs is 1. The summed E-state index contributed by atoms with van der Waals surface area (Å²) in [5.74, 6) is -0.739. The number of thiazole rings is 1. The van der Waals surface area contributed by atoms with Gasteiger partial charge in [-0.2, -0.15) is 0 Å². The van der Waals surface area contributed by atoms with E-state index in [4.69, 9.17) is 5.11 Å². The maximum atomic E-state index is 12.9. The summed E-state index contributed by atoms with van der Waals surface area (Å²) in [5.41, 5.74) is 0.602. The van der Waals surface area contributed by atoms with E-state index in [0.29, 0.717) is 46.6 Å². The Morgan fingerprint density at radius 1 is 1.24 bits per heavy atom. The van der Waals surface area contributed by atoms with Crippen LogP contribution in [-0.4, -0.2) is 76.8 Å². The smallest absolute Gasteiger partial charge is 0.267 e. The molecule has 0 saturated carbocycles. The summed E-state index contributed by atoms with van der Waals surface area (Å²) in [6, 6.07) is 3.53. The lowest BCUT2D eigenvalue weighted by atomic mass is 9.88. The summed E-state index contributed by atoms with van der Waals surface area (Å²) in [4.78, 5) is 47.2. The normalized spacial score (nSPS) is 19.8. The van der Waals surface area contributed by atoms with E-state index in [9.17, 15) is 14.4 Å². The van der Waals surface area contributed by atoms with Gasteiger partial charge in [0.15, 0.2) is 10.9 Å². The van der Waals surface area contributed by atoms with Crippen LogP contribution in [0.3, 0.4) is 0 Å². The number of β-amino-alcohol motifs (C(OH)–C–C–N with tert-alkyl or cyclic N) is 1. The minimum Gasteiger partial charge on any atom is -0.395 e. The Kier molecular flexibility index (Phi) is 6.04. The van der Waals surface area contributed by atoms with E-state index in [2.05, 4.69) is 15.2 Å². The van der Waals surface area contributed by atoms with Gasteiger partial charge in [-0.1, -0.05) is 17.4 Å². The van der Waals surface area contributed by atoms with E-state index >= 15 is 0 Å². The molecule has 29 heavy (non-hydrogen) atoms. The zero-order valence-corrected chi connectivity index (χ0v) is 17.4. The fourth-order valence-electron chi connectivity index (χ4n) is 3.72. The van der Waals surface area contributed by atoms with Crippen molar-refractivity contribution in [3.8, 4) is 0 Å². The van der Waals surface area contributed by atoms with Crippen molar-refractivity contribution in [2.75, 3.05) is 44.6 Å². The highest BCUT2D eigenvalue weighted by Gasteiger charge is 2.36. The number of thiophene rings is 1. The molecule has 0 bridgehead atoms. The fraction of sp³-hybridized carbons (Fsp3) is 0.474. The van der Waals surface area contributed by atoms with E-state index < -0.39 is 5.92 Å². The number of nitrogens with one attached hydrogen (secondary N) is 1. The maximum absolute atomic E-state index is 12.9. The number of rotatable bonds is 5. The molecule has 1 fully saturated rings. The topological polar surface area (TPSA) is 103 Å². The largest absolute Gasteiger partial charge is 0.395 e. The number of amides is 2. The molecule has 0 radical (unpaired) electrons. The lowest BCUT2D eigenvalue weighted by molar-refractivity contribution is -0.137. The van der Waals surface area contributed by atoms with Crippen LogP contribution in [0.15, 0.2) is 17.5 Å². The predicted octanol–water partition coefficient (Wildman–Crippen LogP) is 1.34. The second kappa shape index (κ2) is 8.70. The molecule has 1 aliphatic heterocycles. The number of carbonyl (C=O) groups is 3. The number of ketones is 1. The van der Waals surface area contributed by atoms with Crippen molar-refractivity contribution in [1.82, 2.24) is 14.8 Å². The average molecular weight is 435 g/mol. The third-order valence-corrected chi connectivity index (χ3v) is 7.16. The lowest BCUT2D eigenvalue weighted by Gasteiger charge is -2.36. The number of hydrogen-bond acceptors (Lipinski definition) is 8. The molecular weight excluding hydrogens is 412 g/mol. The molecule has 10 heteroatoms. The first-order valence-corrected chi connectivity index (χ1v) is 11.2. The molecule has 1 aliphatic carbocycles. The van der Waals surface area contributed by atoms with Crippen LogP contribution in [0.5, 0.6) is 0 Å². The van der Waals surface area contributed by atoms with E-state index in [1.165, 1.54) is 22.7 Å². The van der Waals surface area contributed by atoms with Gasteiger partial charge in [0, 0.05) is 45.6 Å². The van der Waals surface area contributed by atoms with Crippen molar-refractivity contribution in [3.63, 3.8) is 0 Å². The fourth-order valence-corrected chi connectivity index (χ4v) is 5.27. The molecule has 1 atom stereocenters. The first-order chi connectivity index (χ1) is 14.0. The van der Waals surface area contributed by atoms with E-state index in [-0.39, 0.29) is 30.6 Å². The first-order valence-electron chi connectivity index (χ1n) is 9.55. The van der Waals surface area contributed by atoms with Gasteiger partial charge in [-0.05, 0) is 11.4 Å². The summed E-state index contributed by atoms with van der Waals surface area (Å²) >= 11 is 2.52. The van der Waals surface area contributed by atoms with E-state index in [1.54, 1.807) is 12.1 Å². The molecule has 8 nitrogen and oxygen atoms in total. The minimum atomic E-state index is -0.401.